The number of esters is 1. The number of hydrogen-bond donors (Lipinski definition) is 0. The first-order valence-electron chi connectivity index (χ1n) is 4.82. The summed E-state index contributed by atoms with van der Waals surface area (Å²) in [6.45, 7) is 3.49. The molecule has 4 heteroatoms. The second-order valence-electron chi connectivity index (χ2n) is 3.50. The average Bonchev–Trinajstić information content (AvgIpc) is 2.58. The van der Waals surface area contributed by atoms with Gasteiger partial charge in [0.2, 0.25) is 0 Å². The summed E-state index contributed by atoms with van der Waals surface area (Å²) < 4.78 is 4.87. The molecular formula is C12H10ClNO2. The van der Waals surface area contributed by atoms with Gasteiger partial charge in [0.05, 0.1) is 0 Å². The summed E-state index contributed by atoms with van der Waals surface area (Å²) in [5, 5.41) is 0.662. The molecule has 3 nitrogen and oxygen atoms in total. The van der Waals surface area contributed by atoms with E-state index in [9.17, 15) is 4.79 Å². The second-order valence-corrected chi connectivity index (χ2v) is 3.94. The Bertz CT molecular complexity index is 500. The highest BCUT2D eigenvalue weighted by Crippen LogP contribution is 2.24. The maximum Gasteiger partial charge on any atom is 0.363 e. The molecule has 1 aliphatic heterocycles. The van der Waals surface area contributed by atoms with Gasteiger partial charge in [-0.1, -0.05) is 23.7 Å². The molecule has 0 spiro atoms. The van der Waals surface area contributed by atoms with Gasteiger partial charge in [0.1, 0.15) is 0 Å². The van der Waals surface area contributed by atoms with Crippen molar-refractivity contribution in [2.75, 3.05) is 0 Å². The van der Waals surface area contributed by atoms with Crippen LogP contribution in [0.5, 0.6) is 0 Å². The number of allylic oxidation sites excluding steroid dienone is 1. The molecule has 1 aliphatic rings. The normalized spacial score (nSPS) is 18.2. The largest absolute Gasteiger partial charge is 0.407 e. The van der Waals surface area contributed by atoms with Crippen molar-refractivity contribution >= 4 is 29.0 Å². The highest BCUT2D eigenvalue weighted by atomic mass is 35.5. The standard InChI is InChI=1S/C12H10ClNO2/c1-7(9-3-5-10(13)6-4-9)11-12(15)16-8(2)14-11/h3-6H,1-2H3/b11-7-. The SMILES string of the molecule is CC1=N/C(=C(/C)c2ccc(Cl)cc2)C(=O)O1. The number of aliphatic imine (C=N–C) groups is 1. The molecule has 1 heterocycles. The summed E-state index contributed by atoms with van der Waals surface area (Å²) in [5.41, 5.74) is 2.06. The van der Waals surface area contributed by atoms with Crippen LogP contribution in [-0.2, 0) is 9.53 Å². The molecule has 16 heavy (non-hydrogen) atoms. The van der Waals surface area contributed by atoms with E-state index < -0.39 is 5.97 Å². The Balaban J connectivity index is 2.45. The van der Waals surface area contributed by atoms with Crippen LogP contribution < -0.4 is 0 Å². The van der Waals surface area contributed by atoms with Crippen LogP contribution in [-0.4, -0.2) is 11.9 Å². The summed E-state index contributed by atoms with van der Waals surface area (Å²) in [4.78, 5) is 15.5. The number of benzene rings is 1. The van der Waals surface area contributed by atoms with E-state index in [1.807, 2.05) is 19.1 Å². The molecule has 0 atom stereocenters. The number of ether oxygens (including phenoxy) is 1. The van der Waals surface area contributed by atoms with E-state index in [0.29, 0.717) is 16.6 Å². The monoisotopic (exact) mass is 235 g/mol. The highest BCUT2D eigenvalue weighted by molar-refractivity contribution is 6.30. The van der Waals surface area contributed by atoms with E-state index in [0.717, 1.165) is 11.1 Å². The van der Waals surface area contributed by atoms with Crippen molar-refractivity contribution in [2.24, 2.45) is 4.99 Å². The Labute approximate surface area is 98.4 Å². The molecule has 0 aliphatic carbocycles. The lowest BCUT2D eigenvalue weighted by Gasteiger charge is -2.02. The molecule has 0 saturated carbocycles. The number of rotatable bonds is 1. The Hall–Kier alpha value is -1.61. The molecule has 0 fully saturated rings. The lowest BCUT2D eigenvalue weighted by Crippen LogP contribution is -2.01. The molecule has 0 aromatic heterocycles. The molecule has 2 rings (SSSR count). The van der Waals surface area contributed by atoms with Crippen LogP contribution in [0.4, 0.5) is 0 Å². The molecule has 0 bridgehead atoms. The Kier molecular flexibility index (Phi) is 2.79. The number of carbonyl (C=O) groups is 1. The summed E-state index contributed by atoms with van der Waals surface area (Å²) in [6.07, 6.45) is 0. The van der Waals surface area contributed by atoms with Crippen LogP contribution >= 0.6 is 11.6 Å². The van der Waals surface area contributed by atoms with Crippen molar-refractivity contribution in [3.8, 4) is 0 Å². The van der Waals surface area contributed by atoms with Crippen LogP contribution in [0.25, 0.3) is 5.57 Å². The first-order valence-corrected chi connectivity index (χ1v) is 5.20. The number of halogens is 1. The molecule has 0 unspecified atom stereocenters. The number of hydrogen-bond acceptors (Lipinski definition) is 3. The summed E-state index contributed by atoms with van der Waals surface area (Å²) in [6, 6.07) is 7.25. The Morgan fingerprint density at radius 3 is 2.44 bits per heavy atom. The van der Waals surface area contributed by atoms with Crippen molar-refractivity contribution < 1.29 is 9.53 Å². The molecular weight excluding hydrogens is 226 g/mol. The number of nitrogens with zero attached hydrogens (tertiary/aromatic N) is 1. The lowest BCUT2D eigenvalue weighted by atomic mass is 10.1. The average molecular weight is 236 g/mol. The van der Waals surface area contributed by atoms with Gasteiger partial charge in [-0.05, 0) is 30.2 Å². The van der Waals surface area contributed by atoms with E-state index in [1.165, 1.54) is 0 Å². The predicted molar refractivity (Wildman–Crippen MR) is 63.2 cm³/mol. The van der Waals surface area contributed by atoms with Crippen LogP contribution in [0.1, 0.15) is 19.4 Å². The fourth-order valence-electron chi connectivity index (χ4n) is 1.48. The maximum absolute atomic E-state index is 11.4. The Morgan fingerprint density at radius 2 is 1.94 bits per heavy atom. The number of cyclic esters (lactones) is 1. The zero-order chi connectivity index (χ0) is 11.7. The van der Waals surface area contributed by atoms with Gasteiger partial charge in [0.25, 0.3) is 0 Å². The molecule has 1 aromatic rings. The summed E-state index contributed by atoms with van der Waals surface area (Å²) in [7, 11) is 0. The van der Waals surface area contributed by atoms with Gasteiger partial charge < -0.3 is 4.74 Å². The zero-order valence-corrected chi connectivity index (χ0v) is 9.71. The summed E-state index contributed by atoms with van der Waals surface area (Å²) in [5.74, 6) is -0.0155. The van der Waals surface area contributed by atoms with Crippen molar-refractivity contribution in [1.82, 2.24) is 0 Å². The minimum Gasteiger partial charge on any atom is -0.407 e. The van der Waals surface area contributed by atoms with Gasteiger partial charge in [-0.2, -0.15) is 0 Å². The van der Waals surface area contributed by atoms with Crippen molar-refractivity contribution in [2.45, 2.75) is 13.8 Å². The van der Waals surface area contributed by atoms with Gasteiger partial charge >= 0.3 is 5.97 Å². The Morgan fingerprint density at radius 1 is 1.31 bits per heavy atom. The van der Waals surface area contributed by atoms with E-state index in [-0.39, 0.29) is 0 Å². The first-order chi connectivity index (χ1) is 7.58. The van der Waals surface area contributed by atoms with Crippen molar-refractivity contribution in [1.29, 1.82) is 0 Å². The smallest absolute Gasteiger partial charge is 0.363 e. The molecule has 82 valence electrons. The third-order valence-corrected chi connectivity index (χ3v) is 2.59. The van der Waals surface area contributed by atoms with Gasteiger partial charge in [-0.25, -0.2) is 9.79 Å². The maximum atomic E-state index is 11.4. The van der Waals surface area contributed by atoms with Gasteiger partial charge in [0, 0.05) is 11.9 Å². The van der Waals surface area contributed by atoms with E-state index in [2.05, 4.69) is 4.99 Å². The van der Waals surface area contributed by atoms with Crippen LogP contribution in [0.2, 0.25) is 5.02 Å². The minimum absolute atomic E-state index is 0.361. The van der Waals surface area contributed by atoms with Crippen molar-refractivity contribution in [3.05, 3.63) is 40.5 Å². The highest BCUT2D eigenvalue weighted by Gasteiger charge is 2.22. The van der Waals surface area contributed by atoms with Crippen LogP contribution in [0.3, 0.4) is 0 Å². The lowest BCUT2D eigenvalue weighted by molar-refractivity contribution is -0.130. The molecule has 0 N–H and O–H groups in total. The second kappa shape index (κ2) is 4.10. The molecule has 0 amide bonds. The van der Waals surface area contributed by atoms with E-state index in [1.54, 1.807) is 19.1 Å². The number of carbonyl (C=O) groups excluding carboxylic acids is 1. The molecule has 1 aromatic carbocycles. The van der Waals surface area contributed by atoms with Gasteiger partial charge in [-0.3, -0.25) is 0 Å². The van der Waals surface area contributed by atoms with Gasteiger partial charge in [0.15, 0.2) is 11.6 Å². The first kappa shape index (κ1) is 10.9. The minimum atomic E-state index is -0.398. The van der Waals surface area contributed by atoms with Crippen LogP contribution in [0, 0.1) is 0 Å². The predicted octanol–water partition coefficient (Wildman–Crippen LogP) is 3.05. The molecule has 0 radical (unpaired) electrons. The third kappa shape index (κ3) is 1.99. The fraction of sp³-hybridized carbons (Fsp3) is 0.167. The van der Waals surface area contributed by atoms with Crippen LogP contribution in [0.15, 0.2) is 35.0 Å². The molecule has 0 saturated heterocycles. The van der Waals surface area contributed by atoms with Crippen molar-refractivity contribution in [3.63, 3.8) is 0 Å². The topological polar surface area (TPSA) is 38.7 Å². The van der Waals surface area contributed by atoms with Gasteiger partial charge in [-0.15, -0.1) is 0 Å². The third-order valence-electron chi connectivity index (χ3n) is 2.34. The van der Waals surface area contributed by atoms with E-state index >= 15 is 0 Å². The zero-order valence-electron chi connectivity index (χ0n) is 8.95. The summed E-state index contributed by atoms with van der Waals surface area (Å²) >= 11 is 5.79. The van der Waals surface area contributed by atoms with E-state index in [4.69, 9.17) is 16.3 Å². The quantitative estimate of drug-likeness (QED) is 0.554. The fourth-order valence-corrected chi connectivity index (χ4v) is 1.61.